The van der Waals surface area contributed by atoms with E-state index in [1.165, 1.54) is 4.88 Å². The van der Waals surface area contributed by atoms with Gasteiger partial charge in [-0.1, -0.05) is 23.7 Å². The summed E-state index contributed by atoms with van der Waals surface area (Å²) < 4.78 is 19.0. The van der Waals surface area contributed by atoms with Crippen molar-refractivity contribution < 1.29 is 23.8 Å². The minimum Gasteiger partial charge on any atom is -0.377 e. The van der Waals surface area contributed by atoms with Crippen LogP contribution < -0.4 is 10.6 Å². The van der Waals surface area contributed by atoms with Crippen LogP contribution >= 0.6 is 22.9 Å². The van der Waals surface area contributed by atoms with Crippen molar-refractivity contribution in [2.75, 3.05) is 58.0 Å². The number of aliphatic imine (C=N–C) groups is 1. The molecule has 15 heteroatoms. The number of aryl methyl sites for hydroxylation is 3. The predicted molar refractivity (Wildman–Crippen MR) is 216 cm³/mol. The van der Waals surface area contributed by atoms with Gasteiger partial charge in [-0.3, -0.25) is 24.1 Å². The van der Waals surface area contributed by atoms with E-state index in [1.807, 2.05) is 60.3 Å². The zero-order valence-corrected chi connectivity index (χ0v) is 33.3. The van der Waals surface area contributed by atoms with E-state index < -0.39 is 6.04 Å². The third-order valence-electron chi connectivity index (χ3n) is 9.79. The number of hydrogen-bond acceptors (Lipinski definition) is 12. The van der Waals surface area contributed by atoms with E-state index in [-0.39, 0.29) is 18.1 Å². The van der Waals surface area contributed by atoms with Crippen molar-refractivity contribution >= 4 is 46.2 Å². The molecule has 0 bridgehead atoms. The first-order valence-electron chi connectivity index (χ1n) is 18.8. The molecule has 0 fully saturated rings. The van der Waals surface area contributed by atoms with E-state index in [1.54, 1.807) is 11.3 Å². The van der Waals surface area contributed by atoms with E-state index in [9.17, 15) is 9.59 Å². The van der Waals surface area contributed by atoms with Gasteiger partial charge in [0.2, 0.25) is 5.91 Å². The highest BCUT2D eigenvalue weighted by molar-refractivity contribution is 7.15. The van der Waals surface area contributed by atoms with Crippen molar-refractivity contribution in [1.82, 2.24) is 30.0 Å². The van der Waals surface area contributed by atoms with Crippen molar-refractivity contribution in [2.24, 2.45) is 4.99 Å². The fourth-order valence-corrected chi connectivity index (χ4v) is 8.08. The highest BCUT2D eigenvalue weighted by atomic mass is 35.5. The highest BCUT2D eigenvalue weighted by Gasteiger charge is 2.32. The molecule has 5 aromatic rings. The van der Waals surface area contributed by atoms with Gasteiger partial charge in [-0.15, -0.1) is 21.5 Å². The molecule has 56 heavy (non-hydrogen) atoms. The van der Waals surface area contributed by atoms with Crippen LogP contribution in [0.3, 0.4) is 0 Å². The molecule has 1 aromatic carbocycles. The molecule has 292 valence electrons. The number of Topliss-reactive ketones (excluding diaryl/α,β-unsaturated/α-hetero) is 1. The van der Waals surface area contributed by atoms with Crippen LogP contribution in [0, 0.1) is 20.8 Å². The zero-order chi connectivity index (χ0) is 39.0. The second-order valence-electron chi connectivity index (χ2n) is 13.7. The molecule has 1 amide bonds. The number of carbonyl (C=O) groups is 2. The molecule has 5 heterocycles. The fourth-order valence-electron chi connectivity index (χ4n) is 6.74. The topological polar surface area (TPSA) is 155 Å². The van der Waals surface area contributed by atoms with Gasteiger partial charge in [0.25, 0.3) is 0 Å². The Bertz CT molecular complexity index is 2200. The molecule has 0 saturated heterocycles. The number of carbonyl (C=O) groups excluding carboxylic acids is 2. The van der Waals surface area contributed by atoms with Gasteiger partial charge in [0.05, 0.1) is 51.8 Å². The van der Waals surface area contributed by atoms with E-state index >= 15 is 0 Å². The zero-order valence-electron chi connectivity index (χ0n) is 31.8. The summed E-state index contributed by atoms with van der Waals surface area (Å²) >= 11 is 7.89. The van der Waals surface area contributed by atoms with E-state index in [0.29, 0.717) is 76.4 Å². The van der Waals surface area contributed by atoms with Crippen LogP contribution in [0.1, 0.15) is 63.4 Å². The van der Waals surface area contributed by atoms with Crippen molar-refractivity contribution in [3.63, 3.8) is 0 Å². The lowest BCUT2D eigenvalue weighted by molar-refractivity contribution is -0.122. The number of ether oxygens (including phenoxy) is 3. The first-order chi connectivity index (χ1) is 27.2. The number of amides is 1. The first kappa shape index (κ1) is 39.4. The Hall–Kier alpha value is -4.86. The van der Waals surface area contributed by atoms with Crippen LogP contribution in [0.25, 0.3) is 16.1 Å². The Labute approximate surface area is 334 Å². The number of thiophene rings is 1. The number of fused-ring (bicyclic) bond motifs is 4. The van der Waals surface area contributed by atoms with Crippen LogP contribution in [0.2, 0.25) is 5.02 Å². The summed E-state index contributed by atoms with van der Waals surface area (Å²) in [6.07, 6.45) is 5.53. The quantitative estimate of drug-likeness (QED) is 0.107. The molecule has 2 N–H and O–H groups in total. The van der Waals surface area contributed by atoms with Crippen LogP contribution in [0.5, 0.6) is 0 Å². The van der Waals surface area contributed by atoms with Crippen LogP contribution in [-0.4, -0.2) is 94.9 Å². The Balaban J connectivity index is 0.777. The number of benzene rings is 1. The number of hydrogen-bond donors (Lipinski definition) is 2. The third-order valence-corrected chi connectivity index (χ3v) is 11.2. The van der Waals surface area contributed by atoms with Crippen LogP contribution in [-0.2, 0) is 36.6 Å². The summed E-state index contributed by atoms with van der Waals surface area (Å²) in [5, 5.41) is 16.7. The summed E-state index contributed by atoms with van der Waals surface area (Å²) in [6, 6.07) is 13.1. The van der Waals surface area contributed by atoms with Gasteiger partial charge >= 0.3 is 0 Å². The van der Waals surface area contributed by atoms with Gasteiger partial charge in [0.15, 0.2) is 5.82 Å². The highest BCUT2D eigenvalue weighted by Crippen LogP contribution is 2.39. The third kappa shape index (κ3) is 9.39. The van der Waals surface area contributed by atoms with Gasteiger partial charge in [-0.05, 0) is 68.7 Å². The van der Waals surface area contributed by atoms with Gasteiger partial charge in [0.1, 0.15) is 28.5 Å². The molecule has 0 saturated carbocycles. The summed E-state index contributed by atoms with van der Waals surface area (Å²) in [4.78, 5) is 40.4. The maximum Gasteiger partial charge on any atom is 0.222 e. The summed E-state index contributed by atoms with van der Waals surface area (Å²) in [6.45, 7) is 9.68. The van der Waals surface area contributed by atoms with Crippen molar-refractivity contribution in [1.29, 1.82) is 0 Å². The van der Waals surface area contributed by atoms with Gasteiger partial charge in [0, 0.05) is 76.2 Å². The smallest absolute Gasteiger partial charge is 0.222 e. The number of anilines is 1. The molecule has 1 aliphatic heterocycles. The summed E-state index contributed by atoms with van der Waals surface area (Å²) in [5.41, 5.74) is 7.86. The van der Waals surface area contributed by atoms with E-state index in [2.05, 4.69) is 50.7 Å². The molecule has 13 nitrogen and oxygen atoms in total. The Kier molecular flexibility index (Phi) is 12.9. The Morgan fingerprint density at radius 1 is 0.875 bits per heavy atom. The maximum absolute atomic E-state index is 13.2. The van der Waals surface area contributed by atoms with Gasteiger partial charge in [-0.25, -0.2) is 4.98 Å². The van der Waals surface area contributed by atoms with Gasteiger partial charge < -0.3 is 24.8 Å². The minimum atomic E-state index is -0.532. The normalized spacial score (nSPS) is 14.8. The van der Waals surface area contributed by atoms with Crippen LogP contribution in [0.4, 0.5) is 5.82 Å². The Morgan fingerprint density at radius 3 is 2.34 bits per heavy atom. The standard InChI is InChI=1S/C41H45ClN8O5S/c1-25-26(2)56-41-38(25)39(28-4-7-32(42)8-5-28)47-35(40-49-48-27(3)50(40)41)22-37(52)44-13-15-54-17-19-55-18-16-53-14-12-43-36-11-6-29(23-46-36)31-20-30-21-33(51)9-10-34(30)45-24-31/h4-8,11,20,23-24,35H,9-10,12-19,21-22H2,1-3H3,(H,43,46)(H,44,52)/t35-/m0/s1. The summed E-state index contributed by atoms with van der Waals surface area (Å²) in [5.74, 6) is 2.26. The molecule has 1 atom stereocenters. The molecule has 0 unspecified atom stereocenters. The van der Waals surface area contributed by atoms with E-state index in [4.69, 9.17) is 30.8 Å². The molecular formula is C41H45ClN8O5S. The SMILES string of the molecule is Cc1sc2c(c1C)C(c1ccc(Cl)cc1)=N[C@@H](CC(=O)NCCOCCOCCOCCNc1ccc(-c3cnc4c(c3)CC(=O)CC4)cn1)c1nnc(C)n1-2. The number of pyridine rings is 2. The average Bonchev–Trinajstić information content (AvgIpc) is 3.68. The van der Waals surface area contributed by atoms with Crippen molar-refractivity contribution in [3.8, 4) is 16.1 Å². The first-order valence-corrected chi connectivity index (χ1v) is 20.0. The molecular weight excluding hydrogens is 752 g/mol. The monoisotopic (exact) mass is 796 g/mol. The number of nitrogens with one attached hydrogen (secondary N) is 2. The molecule has 4 aromatic heterocycles. The number of ketones is 1. The lowest BCUT2D eigenvalue weighted by Crippen LogP contribution is -2.29. The second kappa shape index (κ2) is 18.4. The van der Waals surface area contributed by atoms with Crippen LogP contribution in [0.15, 0.2) is 59.9 Å². The number of halogens is 1. The Morgan fingerprint density at radius 2 is 1.59 bits per heavy atom. The average molecular weight is 797 g/mol. The second-order valence-corrected chi connectivity index (χ2v) is 15.3. The lowest BCUT2D eigenvalue weighted by atomic mass is 9.93. The molecule has 0 spiro atoms. The predicted octanol–water partition coefficient (Wildman–Crippen LogP) is 5.98. The van der Waals surface area contributed by atoms with Crippen molar-refractivity contribution in [2.45, 2.75) is 52.5 Å². The molecule has 2 aliphatic rings. The number of aromatic nitrogens is 5. The molecule has 7 rings (SSSR count). The maximum atomic E-state index is 13.2. The van der Waals surface area contributed by atoms with E-state index in [0.717, 1.165) is 67.9 Å². The fraction of sp³-hybridized carbons (Fsp3) is 0.390. The van der Waals surface area contributed by atoms with Crippen molar-refractivity contribution in [3.05, 3.63) is 104 Å². The molecule has 1 aliphatic carbocycles. The minimum absolute atomic E-state index is 0.113. The van der Waals surface area contributed by atoms with Gasteiger partial charge in [-0.2, -0.15) is 0 Å². The number of nitrogens with zero attached hydrogens (tertiary/aromatic N) is 6. The summed E-state index contributed by atoms with van der Waals surface area (Å²) in [7, 11) is 0. The largest absolute Gasteiger partial charge is 0.377 e. The lowest BCUT2D eigenvalue weighted by Gasteiger charge is -2.15. The number of rotatable bonds is 17. The molecule has 0 radical (unpaired) electrons.